The molecule has 1 aliphatic rings. The third-order valence-corrected chi connectivity index (χ3v) is 6.71. The van der Waals surface area contributed by atoms with E-state index in [1.807, 2.05) is 25.2 Å². The van der Waals surface area contributed by atoms with Crippen molar-refractivity contribution in [2.75, 3.05) is 31.9 Å². The van der Waals surface area contributed by atoms with Gasteiger partial charge in [-0.25, -0.2) is 8.42 Å². The third kappa shape index (κ3) is 3.84. The van der Waals surface area contributed by atoms with Crippen molar-refractivity contribution in [1.82, 2.24) is 5.32 Å². The summed E-state index contributed by atoms with van der Waals surface area (Å²) in [7, 11) is -0.822. The highest BCUT2D eigenvalue weighted by Crippen LogP contribution is 2.36. The van der Waals surface area contributed by atoms with Gasteiger partial charge < -0.3 is 10.1 Å². The molecule has 118 valence electrons. The Morgan fingerprint density at radius 3 is 2.71 bits per heavy atom. The molecular formula is C14H21NO4S2. The van der Waals surface area contributed by atoms with E-state index < -0.39 is 20.6 Å². The van der Waals surface area contributed by atoms with Gasteiger partial charge in [0.1, 0.15) is 15.6 Å². The van der Waals surface area contributed by atoms with E-state index in [0.717, 1.165) is 16.9 Å². The summed E-state index contributed by atoms with van der Waals surface area (Å²) < 4.78 is 40.2. The van der Waals surface area contributed by atoms with E-state index in [1.165, 1.54) is 6.26 Å². The van der Waals surface area contributed by atoms with Gasteiger partial charge in [0.25, 0.3) is 0 Å². The van der Waals surface area contributed by atoms with Gasteiger partial charge in [-0.05, 0) is 36.7 Å². The Hall–Kier alpha value is -0.920. The average Bonchev–Trinajstić information content (AvgIpc) is 2.81. The molecule has 0 aromatic heterocycles. The van der Waals surface area contributed by atoms with Crippen LogP contribution >= 0.6 is 0 Å². The fourth-order valence-electron chi connectivity index (χ4n) is 2.68. The van der Waals surface area contributed by atoms with E-state index >= 15 is 0 Å². The molecule has 7 heteroatoms. The number of rotatable bonds is 6. The predicted molar refractivity (Wildman–Crippen MR) is 85.0 cm³/mol. The van der Waals surface area contributed by atoms with Gasteiger partial charge in [0.05, 0.1) is 18.1 Å². The number of sulfone groups is 1. The molecule has 1 N–H and O–H groups in total. The lowest BCUT2D eigenvalue weighted by atomic mass is 10.1. The standard InChI is InChI=1S/C14H21NO4S2/c1-15-14-12-9-11(19-2)5-4-10(12)8-13(14)20(16)6-7-21(3,17)18/h4-5,9,13-15H,6-8H2,1-3H3. The molecule has 0 saturated heterocycles. The van der Waals surface area contributed by atoms with Crippen LogP contribution in [0.4, 0.5) is 0 Å². The van der Waals surface area contributed by atoms with Gasteiger partial charge in [0.2, 0.25) is 0 Å². The van der Waals surface area contributed by atoms with Crippen LogP contribution in [0, 0.1) is 0 Å². The smallest absolute Gasteiger partial charge is 0.148 e. The van der Waals surface area contributed by atoms with E-state index in [4.69, 9.17) is 4.74 Å². The van der Waals surface area contributed by atoms with E-state index in [9.17, 15) is 12.6 Å². The van der Waals surface area contributed by atoms with Crippen molar-refractivity contribution in [3.05, 3.63) is 29.3 Å². The average molecular weight is 331 g/mol. The van der Waals surface area contributed by atoms with Gasteiger partial charge >= 0.3 is 0 Å². The van der Waals surface area contributed by atoms with Crippen LogP contribution in [0.15, 0.2) is 18.2 Å². The lowest BCUT2D eigenvalue weighted by Gasteiger charge is -2.19. The van der Waals surface area contributed by atoms with Crippen LogP contribution in [0.1, 0.15) is 17.2 Å². The molecule has 3 unspecified atom stereocenters. The zero-order chi connectivity index (χ0) is 15.6. The second kappa shape index (κ2) is 6.46. The Kier molecular flexibility index (Phi) is 5.06. The van der Waals surface area contributed by atoms with Gasteiger partial charge in [0, 0.05) is 28.9 Å². The van der Waals surface area contributed by atoms with Crippen LogP contribution in [0.2, 0.25) is 0 Å². The predicted octanol–water partition coefficient (Wildman–Crippen LogP) is 0.674. The Morgan fingerprint density at radius 2 is 2.14 bits per heavy atom. The molecule has 1 aromatic rings. The monoisotopic (exact) mass is 331 g/mol. The van der Waals surface area contributed by atoms with Crippen molar-refractivity contribution in [2.24, 2.45) is 0 Å². The summed E-state index contributed by atoms with van der Waals surface area (Å²) >= 11 is 0. The number of ether oxygens (including phenoxy) is 1. The van der Waals surface area contributed by atoms with Crippen LogP contribution < -0.4 is 10.1 Å². The van der Waals surface area contributed by atoms with Gasteiger partial charge in [0.15, 0.2) is 0 Å². The highest BCUT2D eigenvalue weighted by Gasteiger charge is 2.35. The zero-order valence-electron chi connectivity index (χ0n) is 12.5. The quantitative estimate of drug-likeness (QED) is 0.830. The zero-order valence-corrected chi connectivity index (χ0v) is 14.1. The SMILES string of the molecule is CNC1c2cc(OC)ccc2CC1S(=O)CCS(C)(=O)=O. The highest BCUT2D eigenvalue weighted by molar-refractivity contribution is 7.92. The van der Waals surface area contributed by atoms with Gasteiger partial charge in [-0.3, -0.25) is 4.21 Å². The van der Waals surface area contributed by atoms with Gasteiger partial charge in [-0.15, -0.1) is 0 Å². The Bertz CT molecular complexity index is 642. The second-order valence-corrected chi connectivity index (χ2v) is 9.32. The number of nitrogens with one attached hydrogen (secondary N) is 1. The minimum atomic E-state index is -3.08. The topological polar surface area (TPSA) is 72.5 Å². The van der Waals surface area contributed by atoms with Crippen molar-refractivity contribution >= 4 is 20.6 Å². The highest BCUT2D eigenvalue weighted by atomic mass is 32.2. The molecule has 3 atom stereocenters. The second-order valence-electron chi connectivity index (χ2n) is 5.29. The molecule has 0 spiro atoms. The summed E-state index contributed by atoms with van der Waals surface area (Å²) in [6.07, 6.45) is 1.87. The van der Waals surface area contributed by atoms with Crippen molar-refractivity contribution in [3.8, 4) is 5.75 Å². The molecule has 0 radical (unpaired) electrons. The van der Waals surface area contributed by atoms with E-state index in [0.29, 0.717) is 6.42 Å². The Morgan fingerprint density at radius 1 is 1.43 bits per heavy atom. The Balaban J connectivity index is 2.18. The van der Waals surface area contributed by atoms with Crippen molar-refractivity contribution in [2.45, 2.75) is 17.7 Å². The maximum Gasteiger partial charge on any atom is 0.148 e. The molecule has 0 amide bonds. The molecule has 0 bridgehead atoms. The molecule has 1 aromatic carbocycles. The van der Waals surface area contributed by atoms with E-state index in [1.54, 1.807) is 7.11 Å². The largest absolute Gasteiger partial charge is 0.497 e. The third-order valence-electron chi connectivity index (χ3n) is 3.78. The number of fused-ring (bicyclic) bond motifs is 1. The minimum Gasteiger partial charge on any atom is -0.497 e. The molecule has 0 saturated carbocycles. The summed E-state index contributed by atoms with van der Waals surface area (Å²) in [5.41, 5.74) is 2.24. The molecule has 0 heterocycles. The van der Waals surface area contributed by atoms with Crippen molar-refractivity contribution in [1.29, 1.82) is 0 Å². The summed E-state index contributed by atoms with van der Waals surface area (Å²) in [6, 6.07) is 5.82. The number of hydrogen-bond acceptors (Lipinski definition) is 5. The maximum atomic E-state index is 12.5. The summed E-state index contributed by atoms with van der Waals surface area (Å²) in [5, 5.41) is 3.10. The lowest BCUT2D eigenvalue weighted by molar-refractivity contribution is 0.413. The molecule has 0 fully saturated rings. The molecular weight excluding hydrogens is 310 g/mol. The fourth-order valence-corrected chi connectivity index (χ4v) is 5.80. The number of benzene rings is 1. The van der Waals surface area contributed by atoms with Crippen LogP contribution in [0.25, 0.3) is 0 Å². The van der Waals surface area contributed by atoms with Gasteiger partial charge in [-0.1, -0.05) is 6.07 Å². The fraction of sp³-hybridized carbons (Fsp3) is 0.571. The summed E-state index contributed by atoms with van der Waals surface area (Å²) in [5.74, 6) is 0.926. The summed E-state index contributed by atoms with van der Waals surface area (Å²) in [6.45, 7) is 0. The maximum absolute atomic E-state index is 12.5. The normalized spacial score (nSPS) is 22.8. The minimum absolute atomic E-state index is 0.0320. The van der Waals surface area contributed by atoms with E-state index in [-0.39, 0.29) is 22.8 Å². The van der Waals surface area contributed by atoms with Gasteiger partial charge in [-0.2, -0.15) is 0 Å². The number of methoxy groups -OCH3 is 1. The van der Waals surface area contributed by atoms with Crippen LogP contribution in [-0.2, 0) is 27.1 Å². The van der Waals surface area contributed by atoms with Crippen LogP contribution in [-0.4, -0.2) is 49.8 Å². The first-order valence-electron chi connectivity index (χ1n) is 6.74. The first-order chi connectivity index (χ1) is 9.85. The molecule has 21 heavy (non-hydrogen) atoms. The molecule has 2 rings (SSSR count). The number of hydrogen-bond donors (Lipinski definition) is 1. The van der Waals surface area contributed by atoms with Crippen molar-refractivity contribution in [3.63, 3.8) is 0 Å². The van der Waals surface area contributed by atoms with E-state index in [2.05, 4.69) is 5.32 Å². The molecule has 1 aliphatic carbocycles. The molecule has 5 nitrogen and oxygen atoms in total. The molecule has 0 aliphatic heterocycles. The summed E-state index contributed by atoms with van der Waals surface area (Å²) in [4.78, 5) is 0. The lowest BCUT2D eigenvalue weighted by Crippen LogP contribution is -2.32. The van der Waals surface area contributed by atoms with Crippen LogP contribution in [0.3, 0.4) is 0 Å². The first-order valence-corrected chi connectivity index (χ1v) is 10.2. The Labute approximate surface area is 128 Å². The van der Waals surface area contributed by atoms with Crippen LogP contribution in [0.5, 0.6) is 5.75 Å². The first kappa shape index (κ1) is 16.5. The van der Waals surface area contributed by atoms with Crippen molar-refractivity contribution < 1.29 is 17.4 Å².